The fraction of sp³-hybridized carbons (Fsp3) is 0.125. The molecule has 0 spiro atoms. The van der Waals surface area contributed by atoms with Gasteiger partial charge in [0.15, 0.2) is 5.17 Å². The summed E-state index contributed by atoms with van der Waals surface area (Å²) >= 11 is 6.91. The summed E-state index contributed by atoms with van der Waals surface area (Å²) in [5.41, 5.74) is 5.79. The highest BCUT2D eigenvalue weighted by Gasteiger charge is 2.02. The third kappa shape index (κ3) is 3.24. The number of hydrogen-bond donors (Lipinski definition) is 2. The van der Waals surface area contributed by atoms with Gasteiger partial charge in [0, 0.05) is 10.8 Å². The molecule has 13 heavy (non-hydrogen) atoms. The van der Waals surface area contributed by atoms with Gasteiger partial charge in [0.25, 0.3) is 0 Å². The van der Waals surface area contributed by atoms with Crippen LogP contribution in [0.25, 0.3) is 0 Å². The highest BCUT2D eigenvalue weighted by Crippen LogP contribution is 2.21. The first kappa shape index (κ1) is 10.3. The molecule has 0 heterocycles. The number of nitrogens with two attached hydrogens (primary N) is 1. The average molecular weight is 219 g/mol. The molecular formula is C8H8ClFN2S. The Labute approximate surface area is 84.8 Å². The predicted octanol–water partition coefficient (Wildman–Crippen LogP) is 2.61. The van der Waals surface area contributed by atoms with Crippen LogP contribution in [0.15, 0.2) is 18.2 Å². The molecule has 70 valence electrons. The first-order valence-electron chi connectivity index (χ1n) is 3.50. The fourth-order valence-electron chi connectivity index (χ4n) is 0.809. The van der Waals surface area contributed by atoms with Crippen molar-refractivity contribution in [2.45, 2.75) is 5.75 Å². The summed E-state index contributed by atoms with van der Waals surface area (Å²) < 4.78 is 12.7. The standard InChI is InChI=1S/C8H8ClFN2S/c9-7-2-1-6(10)3-5(7)4-13-8(11)12/h1-3H,4H2,(H3,11,12). The Morgan fingerprint density at radius 3 is 2.92 bits per heavy atom. The molecule has 0 saturated heterocycles. The summed E-state index contributed by atoms with van der Waals surface area (Å²) in [7, 11) is 0. The summed E-state index contributed by atoms with van der Waals surface area (Å²) in [6.45, 7) is 0. The number of hydrogen-bond acceptors (Lipinski definition) is 2. The molecule has 0 aliphatic rings. The predicted molar refractivity (Wildman–Crippen MR) is 54.6 cm³/mol. The average Bonchev–Trinajstić information content (AvgIpc) is 2.06. The van der Waals surface area contributed by atoms with Crippen LogP contribution < -0.4 is 5.73 Å². The topological polar surface area (TPSA) is 49.9 Å². The summed E-state index contributed by atoms with van der Waals surface area (Å²) in [6.07, 6.45) is 0. The van der Waals surface area contributed by atoms with E-state index in [2.05, 4.69) is 0 Å². The maximum absolute atomic E-state index is 12.7. The number of thioether (sulfide) groups is 1. The number of amidine groups is 1. The van der Waals surface area contributed by atoms with E-state index in [1.54, 1.807) is 0 Å². The quantitative estimate of drug-likeness (QED) is 0.592. The van der Waals surface area contributed by atoms with Crippen LogP contribution in [0, 0.1) is 11.2 Å². The SMILES string of the molecule is N=C(N)SCc1cc(F)ccc1Cl. The van der Waals surface area contributed by atoms with Crippen LogP contribution in [0.3, 0.4) is 0 Å². The molecule has 0 unspecified atom stereocenters. The van der Waals surface area contributed by atoms with Gasteiger partial charge in [0.1, 0.15) is 5.82 Å². The Balaban J connectivity index is 2.75. The van der Waals surface area contributed by atoms with E-state index < -0.39 is 0 Å². The maximum Gasteiger partial charge on any atom is 0.151 e. The molecule has 0 atom stereocenters. The van der Waals surface area contributed by atoms with Crippen molar-refractivity contribution in [1.82, 2.24) is 0 Å². The lowest BCUT2D eigenvalue weighted by molar-refractivity contribution is 0.626. The normalized spacial score (nSPS) is 10.0. The summed E-state index contributed by atoms with van der Waals surface area (Å²) in [5.74, 6) is 0.0925. The van der Waals surface area contributed by atoms with Crippen LogP contribution in [0.1, 0.15) is 5.56 Å². The zero-order valence-corrected chi connectivity index (χ0v) is 8.25. The smallest absolute Gasteiger partial charge is 0.151 e. The lowest BCUT2D eigenvalue weighted by Gasteiger charge is -2.02. The molecule has 0 bridgehead atoms. The van der Waals surface area contributed by atoms with Gasteiger partial charge in [0.2, 0.25) is 0 Å². The Morgan fingerprint density at radius 1 is 1.62 bits per heavy atom. The lowest BCUT2D eigenvalue weighted by atomic mass is 10.2. The van der Waals surface area contributed by atoms with Gasteiger partial charge in [-0.15, -0.1) is 0 Å². The minimum absolute atomic E-state index is 0.000304. The first-order chi connectivity index (χ1) is 6.09. The van der Waals surface area contributed by atoms with Crippen molar-refractivity contribution in [2.24, 2.45) is 5.73 Å². The molecule has 1 aromatic rings. The molecule has 5 heteroatoms. The van der Waals surface area contributed by atoms with E-state index in [0.29, 0.717) is 16.3 Å². The highest BCUT2D eigenvalue weighted by atomic mass is 35.5. The van der Waals surface area contributed by atoms with Crippen molar-refractivity contribution in [2.75, 3.05) is 0 Å². The Hall–Kier alpha value is -0.740. The lowest BCUT2D eigenvalue weighted by Crippen LogP contribution is -2.03. The molecule has 0 radical (unpaired) electrons. The number of halogens is 2. The maximum atomic E-state index is 12.7. The Bertz CT molecular complexity index is 330. The van der Waals surface area contributed by atoms with E-state index >= 15 is 0 Å². The molecular weight excluding hydrogens is 211 g/mol. The van der Waals surface area contributed by atoms with Crippen molar-refractivity contribution >= 4 is 28.5 Å². The van der Waals surface area contributed by atoms with Crippen LogP contribution in [0.2, 0.25) is 5.02 Å². The van der Waals surface area contributed by atoms with E-state index in [1.807, 2.05) is 0 Å². The highest BCUT2D eigenvalue weighted by molar-refractivity contribution is 8.13. The Morgan fingerprint density at radius 2 is 2.31 bits per heavy atom. The molecule has 1 aromatic carbocycles. The van der Waals surface area contributed by atoms with Gasteiger partial charge in [-0.05, 0) is 23.8 Å². The van der Waals surface area contributed by atoms with Gasteiger partial charge in [0.05, 0.1) is 0 Å². The van der Waals surface area contributed by atoms with Gasteiger partial charge < -0.3 is 5.73 Å². The van der Waals surface area contributed by atoms with Crippen LogP contribution in [-0.4, -0.2) is 5.17 Å². The summed E-state index contributed by atoms with van der Waals surface area (Å²) in [5, 5.41) is 7.47. The molecule has 3 N–H and O–H groups in total. The Kier molecular flexibility index (Phi) is 3.57. The van der Waals surface area contributed by atoms with Gasteiger partial charge in [-0.2, -0.15) is 0 Å². The summed E-state index contributed by atoms with van der Waals surface area (Å²) in [6, 6.07) is 4.13. The van der Waals surface area contributed by atoms with Crippen molar-refractivity contribution < 1.29 is 4.39 Å². The zero-order valence-electron chi connectivity index (χ0n) is 6.68. The van der Waals surface area contributed by atoms with Gasteiger partial charge >= 0.3 is 0 Å². The number of rotatable bonds is 2. The fourth-order valence-corrected chi connectivity index (χ4v) is 1.62. The molecule has 1 rings (SSSR count). The largest absolute Gasteiger partial charge is 0.379 e. The molecule has 0 amide bonds. The molecule has 0 aliphatic carbocycles. The number of nitrogens with one attached hydrogen (secondary N) is 1. The molecule has 2 nitrogen and oxygen atoms in total. The second kappa shape index (κ2) is 4.48. The third-order valence-corrected chi connectivity index (χ3v) is 2.53. The van der Waals surface area contributed by atoms with Gasteiger partial charge in [-0.25, -0.2) is 4.39 Å². The van der Waals surface area contributed by atoms with Crippen LogP contribution in [-0.2, 0) is 5.75 Å². The second-order valence-electron chi connectivity index (χ2n) is 2.39. The number of benzene rings is 1. The van der Waals surface area contributed by atoms with E-state index in [1.165, 1.54) is 18.2 Å². The zero-order chi connectivity index (χ0) is 9.84. The van der Waals surface area contributed by atoms with E-state index in [0.717, 1.165) is 11.8 Å². The van der Waals surface area contributed by atoms with Crippen LogP contribution in [0.4, 0.5) is 4.39 Å². The van der Waals surface area contributed by atoms with Crippen molar-refractivity contribution in [3.05, 3.63) is 34.6 Å². The van der Waals surface area contributed by atoms with E-state index in [4.69, 9.17) is 22.7 Å². The van der Waals surface area contributed by atoms with Crippen LogP contribution in [0.5, 0.6) is 0 Å². The minimum atomic E-state index is -0.330. The molecule has 0 fully saturated rings. The molecule has 0 saturated carbocycles. The van der Waals surface area contributed by atoms with Gasteiger partial charge in [-0.3, -0.25) is 5.41 Å². The molecule has 0 aromatic heterocycles. The van der Waals surface area contributed by atoms with Crippen molar-refractivity contribution in [3.8, 4) is 0 Å². The van der Waals surface area contributed by atoms with Crippen molar-refractivity contribution in [1.29, 1.82) is 5.41 Å². The first-order valence-corrected chi connectivity index (χ1v) is 4.86. The van der Waals surface area contributed by atoms with E-state index in [-0.39, 0.29) is 11.0 Å². The minimum Gasteiger partial charge on any atom is -0.379 e. The third-order valence-electron chi connectivity index (χ3n) is 1.39. The summed E-state index contributed by atoms with van der Waals surface area (Å²) in [4.78, 5) is 0. The monoisotopic (exact) mass is 218 g/mol. The van der Waals surface area contributed by atoms with E-state index in [9.17, 15) is 4.39 Å². The van der Waals surface area contributed by atoms with Crippen LogP contribution >= 0.6 is 23.4 Å². The van der Waals surface area contributed by atoms with Crippen molar-refractivity contribution in [3.63, 3.8) is 0 Å². The van der Waals surface area contributed by atoms with Gasteiger partial charge in [-0.1, -0.05) is 23.4 Å². The second-order valence-corrected chi connectivity index (χ2v) is 3.81. The molecule has 0 aliphatic heterocycles.